The largest absolute Gasteiger partial charge is 0.416 e. The van der Waals surface area contributed by atoms with Gasteiger partial charge in [0.15, 0.2) is 0 Å². The summed E-state index contributed by atoms with van der Waals surface area (Å²) in [5.74, 6) is 0.506. The molecule has 0 spiro atoms. The third-order valence-electron chi connectivity index (χ3n) is 3.97. The standard InChI is InChI=1S/C18H16FN3O2/c19-15-7-5-14(6-8-15)18-22-21-17(24-18)13-3-1-12(2-4-13)16-11-20-9-10-23-16/h1-8,16,20H,9-11H2. The van der Waals surface area contributed by atoms with Gasteiger partial charge in [-0.15, -0.1) is 10.2 Å². The van der Waals surface area contributed by atoms with Crippen molar-refractivity contribution in [2.45, 2.75) is 6.10 Å². The van der Waals surface area contributed by atoms with Crippen molar-refractivity contribution in [2.75, 3.05) is 19.7 Å². The molecule has 1 aromatic heterocycles. The summed E-state index contributed by atoms with van der Waals surface area (Å²) in [5, 5.41) is 11.4. The molecule has 122 valence electrons. The summed E-state index contributed by atoms with van der Waals surface area (Å²) in [4.78, 5) is 0. The van der Waals surface area contributed by atoms with Crippen LogP contribution < -0.4 is 5.32 Å². The van der Waals surface area contributed by atoms with Crippen LogP contribution >= 0.6 is 0 Å². The number of benzene rings is 2. The van der Waals surface area contributed by atoms with Crippen LogP contribution in [0, 0.1) is 5.82 Å². The molecule has 3 aromatic rings. The Morgan fingerprint density at radius 3 is 2.12 bits per heavy atom. The lowest BCUT2D eigenvalue weighted by molar-refractivity contribution is 0.0277. The Labute approximate surface area is 138 Å². The Bertz CT molecular complexity index is 809. The summed E-state index contributed by atoms with van der Waals surface area (Å²) in [5.41, 5.74) is 2.64. The Kier molecular flexibility index (Phi) is 4.06. The molecular weight excluding hydrogens is 309 g/mol. The molecule has 1 fully saturated rings. The lowest BCUT2D eigenvalue weighted by Gasteiger charge is -2.23. The molecule has 1 atom stereocenters. The fourth-order valence-corrected chi connectivity index (χ4v) is 2.67. The molecule has 0 radical (unpaired) electrons. The number of morpholine rings is 1. The van der Waals surface area contributed by atoms with Gasteiger partial charge in [-0.2, -0.15) is 0 Å². The number of ether oxygens (including phenoxy) is 1. The quantitative estimate of drug-likeness (QED) is 0.801. The first-order valence-corrected chi connectivity index (χ1v) is 7.82. The minimum absolute atomic E-state index is 0.0743. The van der Waals surface area contributed by atoms with Crippen molar-refractivity contribution >= 4 is 0 Å². The highest BCUT2D eigenvalue weighted by molar-refractivity contribution is 5.58. The number of nitrogens with one attached hydrogen (secondary N) is 1. The molecule has 2 heterocycles. The Morgan fingerprint density at radius 2 is 1.54 bits per heavy atom. The normalized spacial score (nSPS) is 17.8. The number of nitrogens with zero attached hydrogens (tertiary/aromatic N) is 2. The molecule has 0 amide bonds. The average molecular weight is 325 g/mol. The fourth-order valence-electron chi connectivity index (χ4n) is 2.67. The summed E-state index contributed by atoms with van der Waals surface area (Å²) in [6.07, 6.45) is 0.0743. The molecular formula is C18H16FN3O2. The monoisotopic (exact) mass is 325 g/mol. The highest BCUT2D eigenvalue weighted by Crippen LogP contribution is 2.26. The molecule has 6 heteroatoms. The van der Waals surface area contributed by atoms with E-state index in [9.17, 15) is 4.39 Å². The topological polar surface area (TPSA) is 60.2 Å². The predicted octanol–water partition coefficient (Wildman–Crippen LogP) is 3.20. The average Bonchev–Trinajstić information content (AvgIpc) is 3.13. The highest BCUT2D eigenvalue weighted by atomic mass is 19.1. The van der Waals surface area contributed by atoms with Crippen LogP contribution in [0.1, 0.15) is 11.7 Å². The minimum Gasteiger partial charge on any atom is -0.416 e. The SMILES string of the molecule is Fc1ccc(-c2nnc(-c3ccc(C4CNCCO4)cc3)o2)cc1. The lowest BCUT2D eigenvalue weighted by Crippen LogP contribution is -2.33. The summed E-state index contributed by atoms with van der Waals surface area (Å²) in [6, 6.07) is 13.9. The summed E-state index contributed by atoms with van der Waals surface area (Å²) in [6.45, 7) is 2.43. The number of aromatic nitrogens is 2. The second kappa shape index (κ2) is 6.51. The zero-order chi connectivity index (χ0) is 16.4. The summed E-state index contributed by atoms with van der Waals surface area (Å²) in [7, 11) is 0. The molecule has 1 unspecified atom stereocenters. The van der Waals surface area contributed by atoms with Crippen LogP contribution in [0.2, 0.25) is 0 Å². The number of rotatable bonds is 3. The molecule has 5 nitrogen and oxygen atoms in total. The predicted molar refractivity (Wildman–Crippen MR) is 86.7 cm³/mol. The van der Waals surface area contributed by atoms with Crippen LogP contribution in [0.5, 0.6) is 0 Å². The fraction of sp³-hybridized carbons (Fsp3) is 0.222. The van der Waals surface area contributed by atoms with Crippen LogP contribution in [-0.4, -0.2) is 29.9 Å². The Morgan fingerprint density at radius 1 is 0.917 bits per heavy atom. The van der Waals surface area contributed by atoms with E-state index in [0.717, 1.165) is 30.8 Å². The lowest BCUT2D eigenvalue weighted by atomic mass is 10.1. The van der Waals surface area contributed by atoms with E-state index in [1.165, 1.54) is 12.1 Å². The van der Waals surface area contributed by atoms with Gasteiger partial charge in [-0.1, -0.05) is 12.1 Å². The Balaban J connectivity index is 1.54. The van der Waals surface area contributed by atoms with E-state index in [4.69, 9.17) is 9.15 Å². The Hall–Kier alpha value is -2.57. The van der Waals surface area contributed by atoms with Crippen molar-refractivity contribution in [1.82, 2.24) is 15.5 Å². The van der Waals surface area contributed by atoms with Gasteiger partial charge in [-0.25, -0.2) is 4.39 Å². The van der Waals surface area contributed by atoms with Gasteiger partial charge in [-0.05, 0) is 42.0 Å². The molecule has 4 rings (SSSR count). The van der Waals surface area contributed by atoms with E-state index in [1.54, 1.807) is 12.1 Å². The van der Waals surface area contributed by atoms with Crippen LogP contribution in [0.4, 0.5) is 4.39 Å². The van der Waals surface area contributed by atoms with E-state index in [1.807, 2.05) is 24.3 Å². The van der Waals surface area contributed by atoms with E-state index in [2.05, 4.69) is 15.5 Å². The first-order chi connectivity index (χ1) is 11.8. The van der Waals surface area contributed by atoms with Gasteiger partial charge in [0.1, 0.15) is 5.82 Å². The van der Waals surface area contributed by atoms with Gasteiger partial charge in [0, 0.05) is 24.2 Å². The molecule has 24 heavy (non-hydrogen) atoms. The van der Waals surface area contributed by atoms with Gasteiger partial charge >= 0.3 is 0 Å². The maximum atomic E-state index is 13.0. The molecule has 1 saturated heterocycles. The third-order valence-corrected chi connectivity index (χ3v) is 3.97. The first-order valence-electron chi connectivity index (χ1n) is 7.82. The minimum atomic E-state index is -0.298. The second-order valence-electron chi connectivity index (χ2n) is 5.60. The first kappa shape index (κ1) is 15.0. The van der Waals surface area contributed by atoms with E-state index >= 15 is 0 Å². The van der Waals surface area contributed by atoms with Crippen LogP contribution in [0.3, 0.4) is 0 Å². The van der Waals surface area contributed by atoms with Gasteiger partial charge in [-0.3, -0.25) is 0 Å². The molecule has 1 aliphatic rings. The molecule has 0 aliphatic carbocycles. The van der Waals surface area contributed by atoms with E-state index < -0.39 is 0 Å². The molecule has 1 aliphatic heterocycles. The number of halogens is 1. The van der Waals surface area contributed by atoms with Crippen molar-refractivity contribution in [3.05, 3.63) is 59.9 Å². The number of hydrogen-bond acceptors (Lipinski definition) is 5. The van der Waals surface area contributed by atoms with Gasteiger partial charge in [0.05, 0.1) is 12.7 Å². The van der Waals surface area contributed by atoms with Crippen molar-refractivity contribution in [3.63, 3.8) is 0 Å². The molecule has 0 saturated carbocycles. The maximum Gasteiger partial charge on any atom is 0.248 e. The van der Waals surface area contributed by atoms with Crippen molar-refractivity contribution in [2.24, 2.45) is 0 Å². The smallest absolute Gasteiger partial charge is 0.248 e. The summed E-state index contributed by atoms with van der Waals surface area (Å²) < 4.78 is 24.4. The van der Waals surface area contributed by atoms with Crippen molar-refractivity contribution < 1.29 is 13.5 Å². The highest BCUT2D eigenvalue weighted by Gasteiger charge is 2.16. The number of hydrogen-bond donors (Lipinski definition) is 1. The maximum absolute atomic E-state index is 13.0. The van der Waals surface area contributed by atoms with Crippen molar-refractivity contribution in [3.8, 4) is 22.9 Å². The second-order valence-corrected chi connectivity index (χ2v) is 5.60. The van der Waals surface area contributed by atoms with Gasteiger partial charge in [0.25, 0.3) is 0 Å². The molecule has 0 bridgehead atoms. The molecule has 1 N–H and O–H groups in total. The zero-order valence-electron chi connectivity index (χ0n) is 12.9. The van der Waals surface area contributed by atoms with Crippen LogP contribution in [0.15, 0.2) is 52.9 Å². The van der Waals surface area contributed by atoms with Crippen molar-refractivity contribution in [1.29, 1.82) is 0 Å². The third kappa shape index (κ3) is 3.06. The van der Waals surface area contributed by atoms with Crippen LogP contribution in [-0.2, 0) is 4.74 Å². The summed E-state index contributed by atoms with van der Waals surface area (Å²) >= 11 is 0. The van der Waals surface area contributed by atoms with Crippen LogP contribution in [0.25, 0.3) is 22.9 Å². The van der Waals surface area contributed by atoms with E-state index in [-0.39, 0.29) is 11.9 Å². The van der Waals surface area contributed by atoms with E-state index in [0.29, 0.717) is 17.3 Å². The van der Waals surface area contributed by atoms with Gasteiger partial charge < -0.3 is 14.5 Å². The zero-order valence-corrected chi connectivity index (χ0v) is 12.9. The van der Waals surface area contributed by atoms with Gasteiger partial charge in [0.2, 0.25) is 11.8 Å². The molecule has 2 aromatic carbocycles.